The first kappa shape index (κ1) is 14.4. The zero-order valence-corrected chi connectivity index (χ0v) is 12.2. The Hall–Kier alpha value is -2.01. The molecule has 0 bridgehead atoms. The van der Waals surface area contributed by atoms with Gasteiger partial charge in [-0.1, -0.05) is 18.2 Å². The molecule has 0 unspecified atom stereocenters. The van der Waals surface area contributed by atoms with E-state index in [4.69, 9.17) is 14.6 Å². The van der Waals surface area contributed by atoms with Crippen molar-refractivity contribution < 1.29 is 19.4 Å². The third kappa shape index (κ3) is 3.99. The van der Waals surface area contributed by atoms with Crippen LogP contribution < -0.4 is 9.47 Å². The van der Waals surface area contributed by atoms with Crippen LogP contribution in [0.15, 0.2) is 53.0 Å². The van der Waals surface area contributed by atoms with E-state index in [1.165, 1.54) is 12.1 Å². The highest BCUT2D eigenvalue weighted by Gasteiger charge is 2.04. The van der Waals surface area contributed by atoms with Gasteiger partial charge in [0.2, 0.25) is 0 Å². The average molecular weight is 337 g/mol. The Bertz CT molecular complexity index is 598. The summed E-state index contributed by atoms with van der Waals surface area (Å²) in [5.41, 5.74) is 0.203. The number of benzene rings is 2. The molecule has 0 saturated heterocycles. The van der Waals surface area contributed by atoms with Gasteiger partial charge >= 0.3 is 5.97 Å². The lowest BCUT2D eigenvalue weighted by Crippen LogP contribution is -2.09. The summed E-state index contributed by atoms with van der Waals surface area (Å²) in [6.45, 7) is 0.713. The Morgan fingerprint density at radius 1 is 1.05 bits per heavy atom. The summed E-state index contributed by atoms with van der Waals surface area (Å²) in [5.74, 6) is 0.288. The Balaban J connectivity index is 1.83. The topological polar surface area (TPSA) is 55.8 Å². The molecular weight excluding hydrogens is 324 g/mol. The first-order valence-electron chi connectivity index (χ1n) is 6.00. The summed E-state index contributed by atoms with van der Waals surface area (Å²) in [6, 6.07) is 13.9. The van der Waals surface area contributed by atoms with Crippen LogP contribution in [0, 0.1) is 0 Å². The molecule has 2 aromatic carbocycles. The summed E-state index contributed by atoms with van der Waals surface area (Å²) >= 11 is 3.39. The molecule has 0 spiro atoms. The molecule has 0 radical (unpaired) electrons. The molecule has 4 nitrogen and oxygen atoms in total. The zero-order valence-electron chi connectivity index (χ0n) is 10.6. The van der Waals surface area contributed by atoms with Crippen LogP contribution in [-0.2, 0) is 0 Å². The molecule has 0 aliphatic rings. The van der Waals surface area contributed by atoms with E-state index in [1.807, 2.05) is 24.3 Å². The highest BCUT2D eigenvalue weighted by Crippen LogP contribution is 2.23. The van der Waals surface area contributed by atoms with Crippen LogP contribution in [0.2, 0.25) is 0 Å². The van der Waals surface area contributed by atoms with Crippen molar-refractivity contribution in [3.8, 4) is 11.5 Å². The van der Waals surface area contributed by atoms with E-state index in [-0.39, 0.29) is 5.56 Å². The number of carboxylic acids is 1. The Morgan fingerprint density at radius 3 is 2.55 bits per heavy atom. The van der Waals surface area contributed by atoms with Crippen LogP contribution in [0.4, 0.5) is 0 Å². The third-order valence-electron chi connectivity index (χ3n) is 2.53. The number of carbonyl (C=O) groups is 1. The van der Waals surface area contributed by atoms with Gasteiger partial charge in [-0.25, -0.2) is 4.79 Å². The molecule has 0 heterocycles. The number of halogens is 1. The molecule has 1 N–H and O–H groups in total. The molecule has 0 aromatic heterocycles. The summed E-state index contributed by atoms with van der Waals surface area (Å²) in [4.78, 5) is 10.8. The van der Waals surface area contributed by atoms with Crippen LogP contribution in [0.25, 0.3) is 0 Å². The molecule has 5 heteroatoms. The van der Waals surface area contributed by atoms with Gasteiger partial charge in [-0.2, -0.15) is 0 Å². The minimum Gasteiger partial charge on any atom is -0.490 e. The number of hydrogen-bond donors (Lipinski definition) is 1. The summed E-state index contributed by atoms with van der Waals surface area (Å²) in [5, 5.41) is 8.87. The van der Waals surface area contributed by atoms with Gasteiger partial charge in [-0.05, 0) is 46.3 Å². The third-order valence-corrected chi connectivity index (χ3v) is 3.18. The molecule has 2 aromatic rings. The monoisotopic (exact) mass is 336 g/mol. The number of rotatable bonds is 6. The second-order valence-electron chi connectivity index (χ2n) is 3.96. The van der Waals surface area contributed by atoms with Crippen LogP contribution in [-0.4, -0.2) is 24.3 Å². The second kappa shape index (κ2) is 6.96. The molecule has 20 heavy (non-hydrogen) atoms. The molecule has 0 saturated carbocycles. The lowest BCUT2D eigenvalue weighted by molar-refractivity contribution is 0.0696. The van der Waals surface area contributed by atoms with Gasteiger partial charge in [-0.3, -0.25) is 0 Å². The van der Waals surface area contributed by atoms with Crippen LogP contribution in [0.3, 0.4) is 0 Å². The predicted molar refractivity (Wildman–Crippen MR) is 78.5 cm³/mol. The maximum Gasteiger partial charge on any atom is 0.335 e. The van der Waals surface area contributed by atoms with E-state index in [9.17, 15) is 4.79 Å². The fraction of sp³-hybridized carbons (Fsp3) is 0.133. The number of para-hydroxylation sites is 1. The van der Waals surface area contributed by atoms with E-state index in [2.05, 4.69) is 15.9 Å². The van der Waals surface area contributed by atoms with Crippen LogP contribution in [0.1, 0.15) is 10.4 Å². The molecule has 0 amide bonds. The highest BCUT2D eigenvalue weighted by molar-refractivity contribution is 9.10. The number of aromatic carboxylic acids is 1. The van der Waals surface area contributed by atoms with Crippen molar-refractivity contribution in [2.45, 2.75) is 0 Å². The lowest BCUT2D eigenvalue weighted by Gasteiger charge is -2.09. The van der Waals surface area contributed by atoms with Crippen molar-refractivity contribution in [2.24, 2.45) is 0 Å². The van der Waals surface area contributed by atoms with E-state index in [0.717, 1.165) is 10.2 Å². The SMILES string of the molecule is O=C(O)c1cccc(OCCOc2ccccc2Br)c1. The van der Waals surface area contributed by atoms with Crippen molar-refractivity contribution in [3.63, 3.8) is 0 Å². The van der Waals surface area contributed by atoms with Crippen molar-refractivity contribution in [1.29, 1.82) is 0 Å². The van der Waals surface area contributed by atoms with Crippen LogP contribution in [0.5, 0.6) is 11.5 Å². The smallest absolute Gasteiger partial charge is 0.335 e. The summed E-state index contributed by atoms with van der Waals surface area (Å²) in [7, 11) is 0. The predicted octanol–water partition coefficient (Wildman–Crippen LogP) is 3.61. The fourth-order valence-corrected chi connectivity index (χ4v) is 1.99. The van der Waals surface area contributed by atoms with Gasteiger partial charge < -0.3 is 14.6 Å². The van der Waals surface area contributed by atoms with Gasteiger partial charge in [0.1, 0.15) is 24.7 Å². The van der Waals surface area contributed by atoms with Crippen LogP contribution >= 0.6 is 15.9 Å². The van der Waals surface area contributed by atoms with Gasteiger partial charge in [0, 0.05) is 0 Å². The normalized spacial score (nSPS) is 10.1. The lowest BCUT2D eigenvalue weighted by atomic mass is 10.2. The van der Waals surface area contributed by atoms with Crippen molar-refractivity contribution in [1.82, 2.24) is 0 Å². The molecule has 0 fully saturated rings. The minimum atomic E-state index is -0.972. The van der Waals surface area contributed by atoms with Crippen molar-refractivity contribution >= 4 is 21.9 Å². The van der Waals surface area contributed by atoms with Gasteiger partial charge in [0.05, 0.1) is 10.0 Å². The first-order chi connectivity index (χ1) is 9.66. The maximum atomic E-state index is 10.8. The Labute approximate surface area is 125 Å². The molecule has 0 aliphatic carbocycles. The van der Waals surface area contributed by atoms with E-state index in [1.54, 1.807) is 12.1 Å². The maximum absolute atomic E-state index is 10.8. The molecule has 104 valence electrons. The Morgan fingerprint density at radius 2 is 1.80 bits per heavy atom. The summed E-state index contributed by atoms with van der Waals surface area (Å²) in [6.07, 6.45) is 0. The van der Waals surface area contributed by atoms with Gasteiger partial charge in [-0.15, -0.1) is 0 Å². The van der Waals surface area contributed by atoms with E-state index >= 15 is 0 Å². The molecule has 2 rings (SSSR count). The van der Waals surface area contributed by atoms with Gasteiger partial charge in [0.25, 0.3) is 0 Å². The molecular formula is C15H13BrO4. The largest absolute Gasteiger partial charge is 0.490 e. The molecule has 0 aliphatic heterocycles. The van der Waals surface area contributed by atoms with E-state index in [0.29, 0.717) is 19.0 Å². The first-order valence-corrected chi connectivity index (χ1v) is 6.79. The molecule has 0 atom stereocenters. The number of carboxylic acid groups (broad SMARTS) is 1. The van der Waals surface area contributed by atoms with Crippen molar-refractivity contribution in [2.75, 3.05) is 13.2 Å². The standard InChI is InChI=1S/C15H13BrO4/c16-13-6-1-2-7-14(13)20-9-8-19-12-5-3-4-11(10-12)15(17)18/h1-7,10H,8-9H2,(H,17,18). The quantitative estimate of drug-likeness (QED) is 0.819. The number of hydrogen-bond acceptors (Lipinski definition) is 3. The van der Waals surface area contributed by atoms with Crippen molar-refractivity contribution in [3.05, 3.63) is 58.6 Å². The van der Waals surface area contributed by atoms with Gasteiger partial charge in [0.15, 0.2) is 0 Å². The average Bonchev–Trinajstić information content (AvgIpc) is 2.45. The summed E-state index contributed by atoms with van der Waals surface area (Å²) < 4.78 is 11.9. The second-order valence-corrected chi connectivity index (χ2v) is 4.81. The highest BCUT2D eigenvalue weighted by atomic mass is 79.9. The zero-order chi connectivity index (χ0) is 14.4. The number of ether oxygens (including phenoxy) is 2. The minimum absolute atomic E-state index is 0.203. The fourth-order valence-electron chi connectivity index (χ4n) is 1.59. The van der Waals surface area contributed by atoms with E-state index < -0.39 is 5.97 Å². The Kier molecular flexibility index (Phi) is 5.01.